The van der Waals surface area contributed by atoms with Crippen molar-refractivity contribution in [3.8, 4) is 0 Å². The third kappa shape index (κ3) is 4.84. The highest BCUT2D eigenvalue weighted by Crippen LogP contribution is 2.25. The van der Waals surface area contributed by atoms with Crippen LogP contribution in [0.1, 0.15) is 23.3 Å². The number of carbonyl (C=O) groups is 2. The predicted octanol–water partition coefficient (Wildman–Crippen LogP) is 1.09. The number of carbonyl (C=O) groups excluding carboxylic acids is 2. The number of likely N-dealkylation sites (N-methyl/N-ethyl adjacent to an activating group) is 1. The van der Waals surface area contributed by atoms with E-state index in [1.54, 1.807) is 29.9 Å². The normalized spacial score (nSPS) is 15.5. The van der Waals surface area contributed by atoms with Gasteiger partial charge in [0, 0.05) is 58.1 Å². The van der Waals surface area contributed by atoms with E-state index in [9.17, 15) is 14.4 Å². The number of fused-ring (bicyclic) bond motifs is 1. The molecule has 0 spiro atoms. The lowest BCUT2D eigenvalue weighted by atomic mass is 10.2. The van der Waals surface area contributed by atoms with Crippen molar-refractivity contribution in [3.63, 3.8) is 0 Å². The standard InChI is InChI=1S/C20H29N5O3S/c1-14-15(2)29-19-18(14)20(28)25(13-21-19)9-6-16(26)24-8-5-7-23(10-11-24)12-17(27)22(3)4/h13H,5-12H2,1-4H3. The second kappa shape index (κ2) is 9.04. The van der Waals surface area contributed by atoms with Gasteiger partial charge in [0.1, 0.15) is 4.83 Å². The van der Waals surface area contributed by atoms with Gasteiger partial charge in [-0.25, -0.2) is 4.98 Å². The molecule has 1 saturated heterocycles. The number of hydrogen-bond donors (Lipinski definition) is 0. The van der Waals surface area contributed by atoms with Crippen molar-refractivity contribution in [1.29, 1.82) is 0 Å². The average Bonchev–Trinajstić information content (AvgIpc) is 2.84. The zero-order valence-corrected chi connectivity index (χ0v) is 18.4. The summed E-state index contributed by atoms with van der Waals surface area (Å²) in [7, 11) is 3.51. The topological polar surface area (TPSA) is 78.8 Å². The Morgan fingerprint density at radius 2 is 1.93 bits per heavy atom. The van der Waals surface area contributed by atoms with Crippen LogP contribution in [0.5, 0.6) is 0 Å². The highest BCUT2D eigenvalue weighted by Gasteiger charge is 2.21. The maximum Gasteiger partial charge on any atom is 0.262 e. The molecule has 1 fully saturated rings. The van der Waals surface area contributed by atoms with Gasteiger partial charge in [0.2, 0.25) is 11.8 Å². The fraction of sp³-hybridized carbons (Fsp3) is 0.600. The molecule has 8 nitrogen and oxygen atoms in total. The molecule has 0 saturated carbocycles. The summed E-state index contributed by atoms with van der Waals surface area (Å²) in [6.45, 7) is 7.42. The summed E-state index contributed by atoms with van der Waals surface area (Å²) in [5.74, 6) is 0.113. The third-order valence-electron chi connectivity index (χ3n) is 5.52. The molecular weight excluding hydrogens is 390 g/mol. The molecule has 0 aromatic carbocycles. The van der Waals surface area contributed by atoms with Crippen molar-refractivity contribution in [3.05, 3.63) is 27.1 Å². The summed E-state index contributed by atoms with van der Waals surface area (Å²) in [4.78, 5) is 49.2. The SMILES string of the molecule is Cc1sc2ncn(CCC(=O)N3CCCN(CC(=O)N(C)C)CC3)c(=O)c2c1C. The molecule has 3 heterocycles. The van der Waals surface area contributed by atoms with E-state index in [2.05, 4.69) is 9.88 Å². The van der Waals surface area contributed by atoms with E-state index >= 15 is 0 Å². The van der Waals surface area contributed by atoms with Gasteiger partial charge < -0.3 is 9.80 Å². The van der Waals surface area contributed by atoms with E-state index in [-0.39, 0.29) is 23.8 Å². The van der Waals surface area contributed by atoms with Gasteiger partial charge in [0.15, 0.2) is 0 Å². The van der Waals surface area contributed by atoms with E-state index in [0.717, 1.165) is 28.2 Å². The van der Waals surface area contributed by atoms with Gasteiger partial charge >= 0.3 is 0 Å². The van der Waals surface area contributed by atoms with Crippen LogP contribution in [0.3, 0.4) is 0 Å². The van der Waals surface area contributed by atoms with Crippen molar-refractivity contribution in [2.45, 2.75) is 33.2 Å². The number of hydrogen-bond acceptors (Lipinski definition) is 6. The Kier molecular flexibility index (Phi) is 6.69. The summed E-state index contributed by atoms with van der Waals surface area (Å²) < 4.78 is 1.54. The first-order valence-corrected chi connectivity index (χ1v) is 10.7. The predicted molar refractivity (Wildman–Crippen MR) is 114 cm³/mol. The molecule has 29 heavy (non-hydrogen) atoms. The van der Waals surface area contributed by atoms with Crippen LogP contribution in [0.15, 0.2) is 11.1 Å². The second-order valence-electron chi connectivity index (χ2n) is 7.76. The molecule has 1 aliphatic rings. The maximum atomic E-state index is 12.8. The Balaban J connectivity index is 1.59. The molecule has 2 aromatic heterocycles. The quantitative estimate of drug-likeness (QED) is 0.725. The van der Waals surface area contributed by atoms with Crippen LogP contribution in [-0.4, -0.2) is 82.9 Å². The molecule has 2 aromatic rings. The molecule has 3 rings (SSSR count). The van der Waals surface area contributed by atoms with E-state index in [0.29, 0.717) is 38.1 Å². The zero-order chi connectivity index (χ0) is 21.1. The van der Waals surface area contributed by atoms with Gasteiger partial charge in [-0.3, -0.25) is 23.9 Å². The summed E-state index contributed by atoms with van der Waals surface area (Å²) in [6.07, 6.45) is 2.66. The van der Waals surface area contributed by atoms with Crippen LogP contribution < -0.4 is 5.56 Å². The molecule has 0 unspecified atom stereocenters. The Morgan fingerprint density at radius 1 is 1.17 bits per heavy atom. The zero-order valence-electron chi connectivity index (χ0n) is 17.6. The van der Waals surface area contributed by atoms with Crippen molar-refractivity contribution < 1.29 is 9.59 Å². The number of rotatable bonds is 5. The summed E-state index contributed by atoms with van der Waals surface area (Å²) in [5, 5.41) is 0.665. The Bertz CT molecular complexity index is 965. The van der Waals surface area contributed by atoms with Gasteiger partial charge in [-0.2, -0.15) is 0 Å². The molecule has 2 amide bonds. The van der Waals surface area contributed by atoms with Gasteiger partial charge in [-0.15, -0.1) is 11.3 Å². The summed E-state index contributed by atoms with van der Waals surface area (Å²) >= 11 is 1.53. The smallest absolute Gasteiger partial charge is 0.262 e. The molecular formula is C20H29N5O3S. The summed E-state index contributed by atoms with van der Waals surface area (Å²) in [6, 6.07) is 0. The van der Waals surface area contributed by atoms with Crippen LogP contribution in [-0.2, 0) is 16.1 Å². The number of thiophene rings is 1. The van der Waals surface area contributed by atoms with Gasteiger partial charge in [0.25, 0.3) is 5.56 Å². The number of amides is 2. The van der Waals surface area contributed by atoms with Crippen molar-refractivity contribution in [2.75, 3.05) is 46.8 Å². The fourth-order valence-electron chi connectivity index (χ4n) is 3.51. The van der Waals surface area contributed by atoms with Crippen LogP contribution in [0.25, 0.3) is 10.2 Å². The molecule has 1 aliphatic heterocycles. The minimum Gasteiger partial charge on any atom is -0.348 e. The first-order valence-electron chi connectivity index (χ1n) is 9.93. The molecule has 158 valence electrons. The third-order valence-corrected chi connectivity index (χ3v) is 6.64. The monoisotopic (exact) mass is 419 g/mol. The van der Waals surface area contributed by atoms with Gasteiger partial charge in [0.05, 0.1) is 18.3 Å². The van der Waals surface area contributed by atoms with Gasteiger partial charge in [-0.05, 0) is 25.8 Å². The molecule has 0 bridgehead atoms. The highest BCUT2D eigenvalue weighted by molar-refractivity contribution is 7.18. The van der Waals surface area contributed by atoms with Crippen molar-refractivity contribution in [2.24, 2.45) is 0 Å². The van der Waals surface area contributed by atoms with E-state index in [4.69, 9.17) is 0 Å². The largest absolute Gasteiger partial charge is 0.348 e. The van der Waals surface area contributed by atoms with E-state index in [1.165, 1.54) is 11.3 Å². The van der Waals surface area contributed by atoms with Crippen LogP contribution >= 0.6 is 11.3 Å². The Morgan fingerprint density at radius 3 is 2.66 bits per heavy atom. The minimum atomic E-state index is -0.0751. The lowest BCUT2D eigenvalue weighted by molar-refractivity contribution is -0.131. The number of nitrogens with zero attached hydrogens (tertiary/aromatic N) is 5. The first kappa shape index (κ1) is 21.4. The van der Waals surface area contributed by atoms with Crippen molar-refractivity contribution in [1.82, 2.24) is 24.3 Å². The highest BCUT2D eigenvalue weighted by atomic mass is 32.1. The molecule has 0 radical (unpaired) electrons. The van der Waals surface area contributed by atoms with E-state index in [1.807, 2.05) is 18.7 Å². The first-order chi connectivity index (χ1) is 13.8. The summed E-state index contributed by atoms with van der Waals surface area (Å²) in [5.41, 5.74) is 0.900. The molecule has 9 heteroatoms. The second-order valence-corrected chi connectivity index (χ2v) is 8.96. The molecule has 0 aliphatic carbocycles. The Labute approximate surface area is 174 Å². The maximum absolute atomic E-state index is 12.8. The van der Waals surface area contributed by atoms with Gasteiger partial charge in [-0.1, -0.05) is 0 Å². The van der Waals surface area contributed by atoms with Crippen LogP contribution in [0, 0.1) is 13.8 Å². The number of aromatic nitrogens is 2. The lowest BCUT2D eigenvalue weighted by Gasteiger charge is -2.23. The molecule has 0 atom stereocenters. The Hall–Kier alpha value is -2.26. The minimum absolute atomic E-state index is 0.0380. The lowest BCUT2D eigenvalue weighted by Crippen LogP contribution is -2.39. The van der Waals surface area contributed by atoms with E-state index < -0.39 is 0 Å². The number of aryl methyl sites for hydroxylation is 3. The average molecular weight is 420 g/mol. The van der Waals surface area contributed by atoms with Crippen molar-refractivity contribution >= 4 is 33.4 Å². The fourth-order valence-corrected chi connectivity index (χ4v) is 4.50. The molecule has 0 N–H and O–H groups in total. The van der Waals surface area contributed by atoms with Crippen LogP contribution in [0.2, 0.25) is 0 Å². The van der Waals surface area contributed by atoms with Crippen LogP contribution in [0.4, 0.5) is 0 Å².